The summed E-state index contributed by atoms with van der Waals surface area (Å²) in [5.41, 5.74) is 2.42. The minimum atomic E-state index is 0.184. The van der Waals surface area contributed by atoms with Gasteiger partial charge in [-0.05, 0) is 24.0 Å². The van der Waals surface area contributed by atoms with Crippen molar-refractivity contribution in [3.63, 3.8) is 0 Å². The number of hydrogen-bond donors (Lipinski definition) is 0. The van der Waals surface area contributed by atoms with E-state index in [0.717, 1.165) is 24.9 Å². The monoisotopic (exact) mass is 319 g/mol. The van der Waals surface area contributed by atoms with Crippen LogP contribution in [0, 0.1) is 0 Å². The van der Waals surface area contributed by atoms with Crippen molar-refractivity contribution < 1.29 is 4.79 Å². The summed E-state index contributed by atoms with van der Waals surface area (Å²) in [4.78, 5) is 14.3. The van der Waals surface area contributed by atoms with Crippen LogP contribution >= 0.6 is 0 Å². The van der Waals surface area contributed by atoms with Crippen LogP contribution in [0.1, 0.15) is 24.0 Å². The highest BCUT2D eigenvalue weighted by molar-refractivity contribution is 5.76. The predicted octanol–water partition coefficient (Wildman–Crippen LogP) is 4.74. The van der Waals surface area contributed by atoms with E-state index in [1.165, 1.54) is 5.56 Å². The van der Waals surface area contributed by atoms with Crippen molar-refractivity contribution in [3.8, 4) is 0 Å². The molecule has 2 aromatic rings. The summed E-state index contributed by atoms with van der Waals surface area (Å²) >= 11 is 0. The van der Waals surface area contributed by atoms with Gasteiger partial charge >= 0.3 is 0 Å². The number of allylic oxidation sites excluding steroid dienone is 1. The van der Waals surface area contributed by atoms with Gasteiger partial charge in [0.25, 0.3) is 0 Å². The Morgan fingerprint density at radius 2 is 1.67 bits per heavy atom. The normalized spacial score (nSPS) is 10.7. The van der Waals surface area contributed by atoms with Crippen molar-refractivity contribution in [1.29, 1.82) is 0 Å². The van der Waals surface area contributed by atoms with Gasteiger partial charge in [-0.15, -0.1) is 6.58 Å². The second-order valence-electron chi connectivity index (χ2n) is 5.72. The molecule has 2 rings (SSSR count). The first-order chi connectivity index (χ1) is 11.8. The van der Waals surface area contributed by atoms with Crippen LogP contribution < -0.4 is 0 Å². The third-order valence-corrected chi connectivity index (χ3v) is 3.85. The quantitative estimate of drug-likeness (QED) is 0.611. The van der Waals surface area contributed by atoms with Crippen molar-refractivity contribution in [1.82, 2.24) is 4.90 Å². The van der Waals surface area contributed by atoms with Gasteiger partial charge in [0.05, 0.1) is 0 Å². The van der Waals surface area contributed by atoms with E-state index in [9.17, 15) is 4.79 Å². The van der Waals surface area contributed by atoms with Crippen molar-refractivity contribution in [3.05, 3.63) is 90.5 Å². The van der Waals surface area contributed by atoms with Gasteiger partial charge in [0.2, 0.25) is 5.91 Å². The highest BCUT2D eigenvalue weighted by Gasteiger charge is 2.10. The molecule has 0 saturated heterocycles. The van der Waals surface area contributed by atoms with Crippen LogP contribution in [0.15, 0.2) is 79.4 Å². The summed E-state index contributed by atoms with van der Waals surface area (Å²) in [6, 6.07) is 20.4. The van der Waals surface area contributed by atoms with E-state index in [4.69, 9.17) is 0 Å². The molecule has 2 nitrogen and oxygen atoms in total. The van der Waals surface area contributed by atoms with Crippen LogP contribution in [-0.2, 0) is 11.2 Å². The number of hydrogen-bond acceptors (Lipinski definition) is 1. The first-order valence-corrected chi connectivity index (χ1v) is 8.44. The minimum Gasteiger partial charge on any atom is -0.339 e. The fourth-order valence-electron chi connectivity index (χ4n) is 2.53. The molecule has 1 amide bonds. The first kappa shape index (κ1) is 17.7. The Morgan fingerprint density at radius 1 is 1.00 bits per heavy atom. The van der Waals surface area contributed by atoms with Crippen LogP contribution in [0.5, 0.6) is 0 Å². The van der Waals surface area contributed by atoms with Gasteiger partial charge in [-0.1, -0.05) is 78.9 Å². The molecule has 0 aromatic heterocycles. The average Bonchev–Trinajstić information content (AvgIpc) is 2.64. The molecule has 0 saturated carbocycles. The fraction of sp³-hybridized carbons (Fsp3) is 0.227. The minimum absolute atomic E-state index is 0.184. The Hall–Kier alpha value is -2.61. The van der Waals surface area contributed by atoms with Gasteiger partial charge in [0.1, 0.15) is 0 Å². The highest BCUT2D eigenvalue weighted by atomic mass is 16.2. The molecule has 0 spiro atoms. The zero-order valence-corrected chi connectivity index (χ0v) is 14.1. The highest BCUT2D eigenvalue weighted by Crippen LogP contribution is 2.07. The van der Waals surface area contributed by atoms with Gasteiger partial charge in [-0.2, -0.15) is 0 Å². The number of carbonyl (C=O) groups is 1. The molecule has 0 fully saturated rings. The lowest BCUT2D eigenvalue weighted by molar-refractivity contribution is -0.130. The van der Waals surface area contributed by atoms with E-state index >= 15 is 0 Å². The molecule has 0 bridgehead atoms. The predicted molar refractivity (Wildman–Crippen MR) is 102 cm³/mol. The summed E-state index contributed by atoms with van der Waals surface area (Å²) in [5.74, 6) is 0.184. The molecule has 24 heavy (non-hydrogen) atoms. The first-order valence-electron chi connectivity index (χ1n) is 8.44. The molecule has 0 aliphatic carbocycles. The van der Waals surface area contributed by atoms with Crippen LogP contribution in [0.4, 0.5) is 0 Å². The molecule has 124 valence electrons. The molecule has 2 aromatic carbocycles. The maximum atomic E-state index is 12.4. The third-order valence-electron chi connectivity index (χ3n) is 3.85. The SMILES string of the molecule is C=CCN(CCc1ccccc1)C(=O)CC/C=C/c1ccccc1. The molecule has 0 unspecified atom stereocenters. The summed E-state index contributed by atoms with van der Waals surface area (Å²) in [7, 11) is 0. The maximum Gasteiger partial charge on any atom is 0.223 e. The third kappa shape index (κ3) is 6.25. The lowest BCUT2D eigenvalue weighted by Gasteiger charge is -2.21. The number of benzene rings is 2. The van der Waals surface area contributed by atoms with Crippen LogP contribution in [0.2, 0.25) is 0 Å². The Labute approximate surface area is 145 Å². The Morgan fingerprint density at radius 3 is 2.33 bits per heavy atom. The molecular formula is C22H25NO. The van der Waals surface area contributed by atoms with Gasteiger partial charge in [0, 0.05) is 19.5 Å². The molecule has 2 heteroatoms. The Kier molecular flexibility index (Phi) is 7.55. The molecule has 0 heterocycles. The smallest absolute Gasteiger partial charge is 0.223 e. The molecule has 0 aliphatic rings. The lowest BCUT2D eigenvalue weighted by Crippen LogP contribution is -2.32. The summed E-state index contributed by atoms with van der Waals surface area (Å²) in [5, 5.41) is 0. The zero-order valence-electron chi connectivity index (χ0n) is 14.1. The van der Waals surface area contributed by atoms with Gasteiger partial charge in [-0.3, -0.25) is 4.79 Å². The molecule has 0 atom stereocenters. The molecule has 0 aliphatic heterocycles. The summed E-state index contributed by atoms with van der Waals surface area (Å²) < 4.78 is 0. The van der Waals surface area contributed by atoms with Gasteiger partial charge in [0.15, 0.2) is 0 Å². The summed E-state index contributed by atoms with van der Waals surface area (Å²) in [6.07, 6.45) is 8.09. The number of nitrogens with zero attached hydrogens (tertiary/aromatic N) is 1. The van der Waals surface area contributed by atoms with Gasteiger partial charge in [-0.25, -0.2) is 0 Å². The number of amides is 1. The molecular weight excluding hydrogens is 294 g/mol. The second-order valence-corrected chi connectivity index (χ2v) is 5.72. The summed E-state index contributed by atoms with van der Waals surface area (Å²) in [6.45, 7) is 5.10. The molecule has 0 N–H and O–H groups in total. The van der Waals surface area contributed by atoms with Crippen molar-refractivity contribution in [2.75, 3.05) is 13.1 Å². The van der Waals surface area contributed by atoms with Gasteiger partial charge < -0.3 is 4.90 Å². The van der Waals surface area contributed by atoms with Crippen LogP contribution in [0.25, 0.3) is 6.08 Å². The van der Waals surface area contributed by atoms with E-state index in [2.05, 4.69) is 43.0 Å². The Bertz CT molecular complexity index is 646. The lowest BCUT2D eigenvalue weighted by atomic mass is 10.1. The number of carbonyl (C=O) groups excluding carboxylic acids is 1. The Balaban J connectivity index is 1.80. The van der Waals surface area contributed by atoms with Crippen molar-refractivity contribution in [2.24, 2.45) is 0 Å². The van der Waals surface area contributed by atoms with Crippen molar-refractivity contribution >= 4 is 12.0 Å². The zero-order chi connectivity index (χ0) is 17.0. The van der Waals surface area contributed by atoms with Crippen LogP contribution in [-0.4, -0.2) is 23.9 Å². The molecule has 0 radical (unpaired) electrons. The second kappa shape index (κ2) is 10.2. The van der Waals surface area contributed by atoms with Crippen molar-refractivity contribution in [2.45, 2.75) is 19.3 Å². The maximum absolute atomic E-state index is 12.4. The van der Waals surface area contributed by atoms with E-state index in [-0.39, 0.29) is 5.91 Å². The fourth-order valence-corrected chi connectivity index (χ4v) is 2.53. The van der Waals surface area contributed by atoms with E-state index in [1.807, 2.05) is 41.3 Å². The van der Waals surface area contributed by atoms with E-state index < -0.39 is 0 Å². The van der Waals surface area contributed by atoms with E-state index in [0.29, 0.717) is 13.0 Å². The largest absolute Gasteiger partial charge is 0.339 e. The van der Waals surface area contributed by atoms with E-state index in [1.54, 1.807) is 6.08 Å². The van der Waals surface area contributed by atoms with Crippen LogP contribution in [0.3, 0.4) is 0 Å². The topological polar surface area (TPSA) is 20.3 Å². The average molecular weight is 319 g/mol. The standard InChI is InChI=1S/C22H25NO/c1-2-18-23(19-17-21-13-7-4-8-14-21)22(24)16-10-9-15-20-11-5-3-6-12-20/h2-9,11-15H,1,10,16-19H2/b15-9+. The number of rotatable bonds is 9.